The fourth-order valence-corrected chi connectivity index (χ4v) is 6.55. The molecule has 0 aromatic heterocycles. The number of ether oxygens (including phenoxy) is 2. The number of nitrogens with one attached hydrogen (secondary N) is 2. The number of rotatable bonds is 9. The minimum Gasteiger partial charge on any atom is -0.484 e. The van der Waals surface area contributed by atoms with Crippen LogP contribution in [-0.4, -0.2) is 56.6 Å². The molecule has 2 aliphatic rings. The number of hydrogen-bond acceptors (Lipinski definition) is 7. The standard InChI is InChI=1S/C30H37ClN4O6S/c1-30(2,3)41-29(37)33-14-8-9-27(36)34-42(38,39)22-12-10-21(11-13-22)40-28-24-17-20(31)18-25(32-4)23(24)19-26(28)35-15-6-5-7-16-35/h10-13,17-18,26,28H,5-9,14-16,19H2,1-3H3,(H,33,37)(H,34,36)/t26-,28-/m0/s1. The zero-order valence-electron chi connectivity index (χ0n) is 24.1. The Bertz CT molecular complexity index is 1440. The lowest BCUT2D eigenvalue weighted by molar-refractivity contribution is -0.119. The summed E-state index contributed by atoms with van der Waals surface area (Å²) in [6.45, 7) is 14.9. The third-order valence-electron chi connectivity index (χ3n) is 7.17. The molecule has 1 aliphatic carbocycles. The van der Waals surface area contributed by atoms with Crippen molar-refractivity contribution in [3.05, 3.63) is 64.0 Å². The highest BCUT2D eigenvalue weighted by atomic mass is 35.5. The van der Waals surface area contributed by atoms with Gasteiger partial charge in [0.15, 0.2) is 5.69 Å². The van der Waals surface area contributed by atoms with Crippen LogP contribution >= 0.6 is 11.6 Å². The maximum absolute atomic E-state index is 12.8. The molecule has 2 atom stereocenters. The Morgan fingerprint density at radius 3 is 2.45 bits per heavy atom. The van der Waals surface area contributed by atoms with Crippen molar-refractivity contribution in [3.63, 3.8) is 0 Å². The minimum atomic E-state index is -4.10. The van der Waals surface area contributed by atoms with Gasteiger partial charge in [0.2, 0.25) is 5.91 Å². The normalized spacial score (nSPS) is 18.9. The largest absolute Gasteiger partial charge is 0.484 e. The predicted octanol–water partition coefficient (Wildman–Crippen LogP) is 5.53. The van der Waals surface area contributed by atoms with E-state index in [1.54, 1.807) is 39.0 Å². The second kappa shape index (κ2) is 13.3. The molecular formula is C30H37ClN4O6S. The Balaban J connectivity index is 1.39. The van der Waals surface area contributed by atoms with Crippen molar-refractivity contribution in [2.24, 2.45) is 0 Å². The zero-order chi connectivity index (χ0) is 30.5. The maximum atomic E-state index is 12.8. The molecule has 42 heavy (non-hydrogen) atoms. The van der Waals surface area contributed by atoms with Gasteiger partial charge < -0.3 is 14.8 Å². The van der Waals surface area contributed by atoms with Crippen molar-refractivity contribution in [3.8, 4) is 5.75 Å². The fraction of sp³-hybridized carbons (Fsp3) is 0.500. The Morgan fingerprint density at radius 1 is 1.12 bits per heavy atom. The van der Waals surface area contributed by atoms with E-state index >= 15 is 0 Å². The number of nitrogens with zero attached hydrogens (tertiary/aromatic N) is 2. The van der Waals surface area contributed by atoms with Crippen molar-refractivity contribution in [2.75, 3.05) is 19.6 Å². The van der Waals surface area contributed by atoms with Gasteiger partial charge in [-0.15, -0.1) is 0 Å². The highest BCUT2D eigenvalue weighted by Crippen LogP contribution is 2.44. The van der Waals surface area contributed by atoms with Gasteiger partial charge in [-0.2, -0.15) is 0 Å². The first-order chi connectivity index (χ1) is 19.9. The van der Waals surface area contributed by atoms with Gasteiger partial charge in [0.25, 0.3) is 10.0 Å². The molecule has 0 bridgehead atoms. The van der Waals surface area contributed by atoms with Crippen LogP contribution in [0.2, 0.25) is 5.02 Å². The Hall–Kier alpha value is -3.33. The van der Waals surface area contributed by atoms with E-state index in [1.807, 2.05) is 6.07 Å². The van der Waals surface area contributed by atoms with Crippen molar-refractivity contribution < 1.29 is 27.5 Å². The molecule has 1 saturated heterocycles. The highest BCUT2D eigenvalue weighted by molar-refractivity contribution is 7.90. The number of halogens is 1. The Kier molecular flexibility index (Phi) is 10.0. The molecule has 0 radical (unpaired) electrons. The first kappa shape index (κ1) is 31.6. The molecule has 1 aliphatic heterocycles. The van der Waals surface area contributed by atoms with E-state index in [-0.39, 0.29) is 36.4 Å². The molecule has 0 unspecified atom stereocenters. The minimum absolute atomic E-state index is 0.0340. The van der Waals surface area contributed by atoms with Gasteiger partial charge >= 0.3 is 6.09 Å². The lowest BCUT2D eigenvalue weighted by atomic mass is 10.0. The summed E-state index contributed by atoms with van der Waals surface area (Å²) in [7, 11) is -4.10. The van der Waals surface area contributed by atoms with E-state index < -0.39 is 27.6 Å². The molecule has 10 nitrogen and oxygen atoms in total. The van der Waals surface area contributed by atoms with Gasteiger partial charge in [0.05, 0.1) is 17.5 Å². The monoisotopic (exact) mass is 616 g/mol. The van der Waals surface area contributed by atoms with Crippen molar-refractivity contribution in [1.82, 2.24) is 14.9 Å². The number of amides is 2. The van der Waals surface area contributed by atoms with E-state index in [0.717, 1.165) is 37.1 Å². The number of carbonyl (C=O) groups excluding carboxylic acids is 2. The number of benzene rings is 2. The smallest absolute Gasteiger partial charge is 0.407 e. The van der Waals surface area contributed by atoms with Gasteiger partial charge in [0, 0.05) is 18.0 Å². The Morgan fingerprint density at radius 2 is 1.81 bits per heavy atom. The number of sulfonamides is 1. The summed E-state index contributed by atoms with van der Waals surface area (Å²) in [6, 6.07) is 9.50. The van der Waals surface area contributed by atoms with Crippen LogP contribution in [0.5, 0.6) is 5.75 Å². The molecule has 2 aromatic carbocycles. The second-order valence-electron chi connectivity index (χ2n) is 11.5. The average Bonchev–Trinajstić information content (AvgIpc) is 3.28. The topological polar surface area (TPSA) is 118 Å². The van der Waals surface area contributed by atoms with Crippen LogP contribution in [0.15, 0.2) is 41.3 Å². The third kappa shape index (κ3) is 8.15. The summed E-state index contributed by atoms with van der Waals surface area (Å²) < 4.78 is 39.3. The van der Waals surface area contributed by atoms with E-state index in [2.05, 4.69) is 19.8 Å². The first-order valence-electron chi connectivity index (χ1n) is 14.1. The van der Waals surface area contributed by atoms with Gasteiger partial charge in [-0.05, 0) is 107 Å². The van der Waals surface area contributed by atoms with Gasteiger partial charge in [0.1, 0.15) is 17.5 Å². The molecule has 1 heterocycles. The fourth-order valence-electron chi connectivity index (χ4n) is 5.31. The van der Waals surface area contributed by atoms with Crippen LogP contribution in [0.1, 0.15) is 70.1 Å². The van der Waals surface area contributed by atoms with Crippen LogP contribution in [0.4, 0.5) is 10.5 Å². The van der Waals surface area contributed by atoms with Crippen molar-refractivity contribution in [1.29, 1.82) is 0 Å². The van der Waals surface area contributed by atoms with Crippen LogP contribution in [0.3, 0.4) is 0 Å². The number of alkyl carbamates (subject to hydrolysis) is 1. The van der Waals surface area contributed by atoms with Crippen LogP contribution in [-0.2, 0) is 26.0 Å². The van der Waals surface area contributed by atoms with Crippen molar-refractivity contribution in [2.45, 2.75) is 81.9 Å². The lowest BCUT2D eigenvalue weighted by Gasteiger charge is -2.36. The zero-order valence-corrected chi connectivity index (χ0v) is 25.7. The molecule has 12 heteroatoms. The van der Waals surface area contributed by atoms with E-state index in [1.165, 1.54) is 18.6 Å². The number of fused-ring (bicyclic) bond motifs is 1. The number of piperidine rings is 1. The summed E-state index contributed by atoms with van der Waals surface area (Å²) in [4.78, 5) is 30.0. The summed E-state index contributed by atoms with van der Waals surface area (Å²) in [5.41, 5.74) is 1.72. The average molecular weight is 617 g/mol. The Labute approximate surface area is 252 Å². The summed E-state index contributed by atoms with van der Waals surface area (Å²) in [5, 5.41) is 3.01. The second-order valence-corrected chi connectivity index (χ2v) is 13.7. The van der Waals surface area contributed by atoms with Gasteiger partial charge in [-0.1, -0.05) is 18.0 Å². The summed E-state index contributed by atoms with van der Waals surface area (Å²) in [6.07, 6.45) is 3.27. The number of carbonyl (C=O) groups is 2. The predicted molar refractivity (Wildman–Crippen MR) is 159 cm³/mol. The van der Waals surface area contributed by atoms with E-state index in [0.29, 0.717) is 22.9 Å². The van der Waals surface area contributed by atoms with Crippen LogP contribution in [0.25, 0.3) is 4.85 Å². The van der Waals surface area contributed by atoms with Gasteiger partial charge in [-0.25, -0.2) is 22.8 Å². The van der Waals surface area contributed by atoms with Crippen LogP contribution < -0.4 is 14.8 Å². The van der Waals surface area contributed by atoms with E-state index in [9.17, 15) is 18.0 Å². The molecule has 4 rings (SSSR count). The molecule has 2 amide bonds. The number of likely N-dealkylation sites (tertiary alicyclic amines) is 1. The molecule has 2 N–H and O–H groups in total. The van der Waals surface area contributed by atoms with Crippen LogP contribution in [0, 0.1) is 6.57 Å². The molecule has 2 aromatic rings. The molecule has 1 fully saturated rings. The quantitative estimate of drug-likeness (QED) is 0.281. The molecular weight excluding hydrogens is 580 g/mol. The highest BCUT2D eigenvalue weighted by Gasteiger charge is 2.40. The summed E-state index contributed by atoms with van der Waals surface area (Å²) >= 11 is 6.36. The molecule has 0 spiro atoms. The summed E-state index contributed by atoms with van der Waals surface area (Å²) in [5.74, 6) is -0.210. The third-order valence-corrected chi connectivity index (χ3v) is 8.78. The van der Waals surface area contributed by atoms with Crippen molar-refractivity contribution >= 4 is 39.3 Å². The number of hydrogen-bond donors (Lipinski definition) is 2. The maximum Gasteiger partial charge on any atom is 0.407 e. The SMILES string of the molecule is [C-]#[N+]c1cc(Cl)cc2c1C[C@H](N1CCCCC1)[C@H]2Oc1ccc(S(=O)(=O)NC(=O)CCCNC(=O)OC(C)(C)C)cc1. The molecule has 0 saturated carbocycles. The molecule has 226 valence electrons. The first-order valence-corrected chi connectivity index (χ1v) is 16.0. The van der Waals surface area contributed by atoms with Gasteiger partial charge in [-0.3, -0.25) is 9.69 Å². The van der Waals surface area contributed by atoms with E-state index in [4.69, 9.17) is 27.6 Å². The lowest BCUT2D eigenvalue weighted by Crippen LogP contribution is -2.43.